The molecule has 0 fully saturated rings. The lowest BCUT2D eigenvalue weighted by molar-refractivity contribution is 0.386. The molecule has 0 saturated heterocycles. The smallest absolute Gasteiger partial charge is 0.332 e. The molecule has 3 aromatic carbocycles. The maximum Gasteiger partial charge on any atom is 0.332 e. The molecule has 4 nitrogen and oxygen atoms in total. The SMILES string of the molecule is O=c1n(C2c3ccccc3-c3ccccc32)cc(O)n1C(CS)Cc1ccccc1. The topological polar surface area (TPSA) is 47.2 Å². The highest BCUT2D eigenvalue weighted by atomic mass is 32.1. The molecule has 0 radical (unpaired) electrons. The lowest BCUT2D eigenvalue weighted by atomic mass is 10.1. The van der Waals surface area contributed by atoms with Crippen molar-refractivity contribution in [3.05, 3.63) is 112 Å². The Morgan fingerprint density at radius 1 is 0.867 bits per heavy atom. The van der Waals surface area contributed by atoms with Crippen LogP contribution in [-0.4, -0.2) is 20.0 Å². The van der Waals surface area contributed by atoms with Crippen LogP contribution in [0, 0.1) is 0 Å². The summed E-state index contributed by atoms with van der Waals surface area (Å²) >= 11 is 4.48. The van der Waals surface area contributed by atoms with Gasteiger partial charge in [-0.2, -0.15) is 12.6 Å². The molecule has 1 aliphatic carbocycles. The van der Waals surface area contributed by atoms with E-state index < -0.39 is 0 Å². The molecule has 0 spiro atoms. The summed E-state index contributed by atoms with van der Waals surface area (Å²) in [4.78, 5) is 13.5. The van der Waals surface area contributed by atoms with Crippen molar-refractivity contribution in [3.63, 3.8) is 0 Å². The highest BCUT2D eigenvalue weighted by molar-refractivity contribution is 7.80. The minimum atomic E-state index is -0.255. The summed E-state index contributed by atoms with van der Waals surface area (Å²) < 4.78 is 3.13. The first-order valence-corrected chi connectivity index (χ1v) is 10.7. The molecule has 4 aromatic rings. The largest absolute Gasteiger partial charge is 0.493 e. The van der Waals surface area contributed by atoms with E-state index in [2.05, 4.69) is 36.9 Å². The predicted octanol–water partition coefficient (Wildman–Crippen LogP) is 4.69. The van der Waals surface area contributed by atoms with Crippen molar-refractivity contribution in [1.29, 1.82) is 0 Å². The van der Waals surface area contributed by atoms with Crippen molar-refractivity contribution < 1.29 is 5.11 Å². The molecular weight excluding hydrogens is 392 g/mol. The molecule has 1 N–H and O–H groups in total. The lowest BCUT2D eigenvalue weighted by Gasteiger charge is -2.17. The van der Waals surface area contributed by atoms with Crippen molar-refractivity contribution in [1.82, 2.24) is 9.13 Å². The van der Waals surface area contributed by atoms with Crippen LogP contribution in [0.4, 0.5) is 0 Å². The Morgan fingerprint density at radius 2 is 1.43 bits per heavy atom. The van der Waals surface area contributed by atoms with Crippen LogP contribution in [0.5, 0.6) is 5.88 Å². The molecule has 0 amide bonds. The molecule has 1 heterocycles. The van der Waals surface area contributed by atoms with Gasteiger partial charge in [-0.05, 0) is 34.2 Å². The van der Waals surface area contributed by atoms with E-state index in [9.17, 15) is 9.90 Å². The van der Waals surface area contributed by atoms with Gasteiger partial charge >= 0.3 is 5.69 Å². The number of fused-ring (bicyclic) bond motifs is 3. The average Bonchev–Trinajstić information content (AvgIpc) is 3.26. The molecule has 1 atom stereocenters. The van der Waals surface area contributed by atoms with Gasteiger partial charge in [-0.3, -0.25) is 9.13 Å². The Kier molecular flexibility index (Phi) is 4.75. The zero-order chi connectivity index (χ0) is 20.7. The van der Waals surface area contributed by atoms with Crippen molar-refractivity contribution in [2.24, 2.45) is 0 Å². The Labute approximate surface area is 180 Å². The van der Waals surface area contributed by atoms with Gasteiger partial charge in [0.2, 0.25) is 5.88 Å². The third-order valence-electron chi connectivity index (χ3n) is 5.90. The van der Waals surface area contributed by atoms with Crippen LogP contribution in [0.1, 0.15) is 28.8 Å². The number of benzene rings is 3. The zero-order valence-electron chi connectivity index (χ0n) is 16.3. The molecule has 30 heavy (non-hydrogen) atoms. The number of hydrogen-bond acceptors (Lipinski definition) is 3. The molecule has 5 rings (SSSR count). The van der Waals surface area contributed by atoms with Gasteiger partial charge in [-0.1, -0.05) is 78.9 Å². The number of thiol groups is 1. The van der Waals surface area contributed by atoms with Crippen LogP contribution >= 0.6 is 12.6 Å². The van der Waals surface area contributed by atoms with Crippen LogP contribution in [0.25, 0.3) is 11.1 Å². The van der Waals surface area contributed by atoms with E-state index in [1.165, 1.54) is 4.57 Å². The normalized spacial score (nSPS) is 13.8. The summed E-state index contributed by atoms with van der Waals surface area (Å²) in [6.07, 6.45) is 2.19. The fraction of sp³-hybridized carbons (Fsp3) is 0.160. The van der Waals surface area contributed by atoms with Gasteiger partial charge in [-0.15, -0.1) is 0 Å². The fourth-order valence-corrected chi connectivity index (χ4v) is 4.84. The molecule has 1 aromatic heterocycles. The number of hydrogen-bond donors (Lipinski definition) is 2. The van der Waals surface area contributed by atoms with Gasteiger partial charge in [0, 0.05) is 5.75 Å². The summed E-state index contributed by atoms with van der Waals surface area (Å²) in [6, 6.07) is 25.8. The molecule has 150 valence electrons. The van der Waals surface area contributed by atoms with Crippen LogP contribution < -0.4 is 5.69 Å². The monoisotopic (exact) mass is 414 g/mol. The van der Waals surface area contributed by atoms with E-state index in [-0.39, 0.29) is 23.7 Å². The maximum absolute atomic E-state index is 13.5. The summed E-state index contributed by atoms with van der Waals surface area (Å²) in [5.74, 6) is 0.418. The van der Waals surface area contributed by atoms with Crippen LogP contribution in [0.15, 0.2) is 89.9 Å². The zero-order valence-corrected chi connectivity index (χ0v) is 17.2. The van der Waals surface area contributed by atoms with Crippen molar-refractivity contribution in [3.8, 4) is 17.0 Å². The molecular formula is C25H22N2O2S. The van der Waals surface area contributed by atoms with Gasteiger partial charge in [0.15, 0.2) is 0 Å². The Bertz CT molecular complexity index is 1210. The van der Waals surface area contributed by atoms with Crippen LogP contribution in [0.3, 0.4) is 0 Å². The molecule has 1 aliphatic rings. The Hall–Kier alpha value is -3.18. The quantitative estimate of drug-likeness (QED) is 0.410. The van der Waals surface area contributed by atoms with Crippen molar-refractivity contribution in [2.75, 3.05) is 5.75 Å². The maximum atomic E-state index is 13.5. The number of imidazole rings is 1. The van der Waals surface area contributed by atoms with E-state index in [0.717, 1.165) is 27.8 Å². The summed E-state index contributed by atoms with van der Waals surface area (Å²) in [6.45, 7) is 0. The minimum Gasteiger partial charge on any atom is -0.493 e. The number of aromatic nitrogens is 2. The second-order valence-corrected chi connectivity index (χ2v) is 8.02. The fourth-order valence-electron chi connectivity index (χ4n) is 4.54. The predicted molar refractivity (Wildman–Crippen MR) is 123 cm³/mol. The first-order valence-electron chi connectivity index (χ1n) is 10.0. The Balaban J connectivity index is 1.62. The first kappa shape index (κ1) is 18.8. The molecule has 0 aliphatic heterocycles. The second kappa shape index (κ2) is 7.58. The number of aromatic hydroxyl groups is 1. The number of rotatable bonds is 5. The van der Waals surface area contributed by atoms with E-state index in [1.54, 1.807) is 10.8 Å². The van der Waals surface area contributed by atoms with Crippen molar-refractivity contribution >= 4 is 12.6 Å². The number of nitrogens with zero attached hydrogens (tertiary/aromatic N) is 2. The lowest BCUT2D eigenvalue weighted by Crippen LogP contribution is -2.31. The van der Waals surface area contributed by atoms with E-state index >= 15 is 0 Å². The molecule has 0 bridgehead atoms. The molecule has 1 unspecified atom stereocenters. The first-order chi connectivity index (χ1) is 14.7. The summed E-state index contributed by atoms with van der Waals surface area (Å²) in [5.41, 5.74) is 5.29. The standard InChI is InChI=1S/C25H22N2O2S/c28-23-15-26(25(29)27(23)18(16-30)14-17-8-2-1-3-9-17)24-21-12-6-4-10-19(21)20-11-5-7-13-22(20)24/h1-13,15,18,24,28,30H,14,16H2. The highest BCUT2D eigenvalue weighted by Gasteiger charge is 2.32. The second-order valence-electron chi connectivity index (χ2n) is 7.65. The van der Waals surface area contributed by atoms with Crippen LogP contribution in [0.2, 0.25) is 0 Å². The van der Waals surface area contributed by atoms with Crippen molar-refractivity contribution in [2.45, 2.75) is 18.5 Å². The highest BCUT2D eigenvalue weighted by Crippen LogP contribution is 2.45. The van der Waals surface area contributed by atoms with E-state index in [0.29, 0.717) is 12.2 Å². The molecule has 0 saturated carbocycles. The third kappa shape index (κ3) is 2.97. The molecule has 5 heteroatoms. The third-order valence-corrected chi connectivity index (χ3v) is 6.32. The van der Waals surface area contributed by atoms with E-state index in [4.69, 9.17) is 0 Å². The van der Waals surface area contributed by atoms with Gasteiger partial charge in [0.1, 0.15) is 0 Å². The van der Waals surface area contributed by atoms with Gasteiger partial charge in [0.25, 0.3) is 0 Å². The summed E-state index contributed by atoms with van der Waals surface area (Å²) in [5, 5.41) is 10.8. The minimum absolute atomic E-state index is 0.0307. The van der Waals surface area contributed by atoms with Gasteiger partial charge in [0.05, 0.1) is 18.3 Å². The van der Waals surface area contributed by atoms with Crippen LogP contribution in [-0.2, 0) is 6.42 Å². The summed E-state index contributed by atoms with van der Waals surface area (Å²) in [7, 11) is 0. The average molecular weight is 415 g/mol. The van der Waals surface area contributed by atoms with Gasteiger partial charge in [-0.25, -0.2) is 4.79 Å². The van der Waals surface area contributed by atoms with E-state index in [1.807, 2.05) is 54.6 Å². The van der Waals surface area contributed by atoms with Gasteiger partial charge < -0.3 is 5.11 Å². The Morgan fingerprint density at radius 3 is 2.03 bits per heavy atom.